The maximum Gasteiger partial charge on any atom is 0.335 e. The van der Waals surface area contributed by atoms with Crippen molar-refractivity contribution in [1.82, 2.24) is 0 Å². The first-order valence-electron chi connectivity index (χ1n) is 5.77. The van der Waals surface area contributed by atoms with E-state index in [1.165, 1.54) is 19.2 Å². The third-order valence-corrected chi connectivity index (χ3v) is 3.36. The van der Waals surface area contributed by atoms with Crippen molar-refractivity contribution in [3.63, 3.8) is 0 Å². The summed E-state index contributed by atoms with van der Waals surface area (Å²) in [6.45, 7) is 0. The normalized spacial score (nSPS) is 16.7. The highest BCUT2D eigenvalue weighted by atomic mass is 16.5. The molecular weight excluding hydrogens is 234 g/mol. The molecule has 0 unspecified atom stereocenters. The van der Waals surface area contributed by atoms with Gasteiger partial charge in [-0.3, -0.25) is 4.79 Å². The number of carboxylic acid groups (broad SMARTS) is 1. The molecular formula is C13H15NO4. The molecule has 96 valence electrons. The minimum Gasteiger partial charge on any atom is -0.478 e. The van der Waals surface area contributed by atoms with Crippen LogP contribution in [0.1, 0.15) is 29.6 Å². The van der Waals surface area contributed by atoms with Crippen LogP contribution in [-0.4, -0.2) is 29.7 Å². The van der Waals surface area contributed by atoms with Crippen LogP contribution in [0.4, 0.5) is 5.69 Å². The monoisotopic (exact) mass is 249 g/mol. The summed E-state index contributed by atoms with van der Waals surface area (Å²) in [5, 5.41) is 11.5. The number of anilines is 1. The average molecular weight is 249 g/mol. The Balaban J connectivity index is 2.05. The first-order valence-corrected chi connectivity index (χ1v) is 5.77. The van der Waals surface area contributed by atoms with Crippen LogP contribution in [0, 0.1) is 0 Å². The second-order valence-corrected chi connectivity index (χ2v) is 4.39. The number of rotatable bonds is 4. The molecule has 1 saturated carbocycles. The molecule has 1 aromatic rings. The molecule has 0 saturated heterocycles. The van der Waals surface area contributed by atoms with Crippen LogP contribution in [0.5, 0.6) is 0 Å². The zero-order chi connectivity index (χ0) is 13.2. The van der Waals surface area contributed by atoms with E-state index in [4.69, 9.17) is 9.84 Å². The van der Waals surface area contributed by atoms with Gasteiger partial charge in [-0.1, -0.05) is 0 Å². The molecule has 1 amide bonds. The molecule has 0 radical (unpaired) electrons. The van der Waals surface area contributed by atoms with Crippen molar-refractivity contribution in [3.05, 3.63) is 29.8 Å². The number of carbonyl (C=O) groups excluding carboxylic acids is 1. The number of methoxy groups -OCH3 is 1. The third-order valence-electron chi connectivity index (χ3n) is 3.36. The zero-order valence-electron chi connectivity index (χ0n) is 10.1. The summed E-state index contributed by atoms with van der Waals surface area (Å²) in [6, 6.07) is 6.06. The lowest BCUT2D eigenvalue weighted by Crippen LogP contribution is -2.50. The molecule has 1 fully saturated rings. The zero-order valence-corrected chi connectivity index (χ0v) is 10.1. The van der Waals surface area contributed by atoms with Gasteiger partial charge in [0, 0.05) is 12.8 Å². The Kier molecular flexibility index (Phi) is 3.34. The highest BCUT2D eigenvalue weighted by Crippen LogP contribution is 2.36. The highest BCUT2D eigenvalue weighted by Gasteiger charge is 2.44. The largest absolute Gasteiger partial charge is 0.478 e. The van der Waals surface area contributed by atoms with Crippen LogP contribution < -0.4 is 5.32 Å². The molecule has 5 heteroatoms. The Hall–Kier alpha value is -1.88. The van der Waals surface area contributed by atoms with Gasteiger partial charge in [-0.2, -0.15) is 0 Å². The molecule has 18 heavy (non-hydrogen) atoms. The van der Waals surface area contributed by atoms with Crippen molar-refractivity contribution >= 4 is 17.6 Å². The van der Waals surface area contributed by atoms with Gasteiger partial charge in [-0.25, -0.2) is 4.79 Å². The first kappa shape index (κ1) is 12.6. The molecule has 1 aliphatic carbocycles. The summed E-state index contributed by atoms with van der Waals surface area (Å²) in [5.74, 6) is -1.15. The van der Waals surface area contributed by atoms with Gasteiger partial charge in [-0.05, 0) is 43.5 Å². The van der Waals surface area contributed by atoms with Crippen LogP contribution >= 0.6 is 0 Å². The number of carbonyl (C=O) groups is 2. The predicted molar refractivity (Wildman–Crippen MR) is 65.6 cm³/mol. The summed E-state index contributed by atoms with van der Waals surface area (Å²) < 4.78 is 5.26. The second-order valence-electron chi connectivity index (χ2n) is 4.39. The van der Waals surface area contributed by atoms with Crippen molar-refractivity contribution in [2.75, 3.05) is 12.4 Å². The molecule has 0 spiro atoms. The van der Waals surface area contributed by atoms with E-state index in [9.17, 15) is 9.59 Å². The van der Waals surface area contributed by atoms with Gasteiger partial charge >= 0.3 is 5.97 Å². The summed E-state index contributed by atoms with van der Waals surface area (Å²) in [7, 11) is 1.53. The van der Waals surface area contributed by atoms with Gasteiger partial charge in [0.15, 0.2) is 0 Å². The molecule has 0 atom stereocenters. The lowest BCUT2D eigenvalue weighted by molar-refractivity contribution is -0.148. The topological polar surface area (TPSA) is 75.6 Å². The molecule has 1 aromatic carbocycles. The Morgan fingerprint density at radius 3 is 2.28 bits per heavy atom. The fraction of sp³-hybridized carbons (Fsp3) is 0.385. The maximum absolute atomic E-state index is 12.0. The van der Waals surface area contributed by atoms with Crippen molar-refractivity contribution in [1.29, 1.82) is 0 Å². The van der Waals surface area contributed by atoms with Gasteiger partial charge in [-0.15, -0.1) is 0 Å². The number of nitrogens with one attached hydrogen (secondary N) is 1. The lowest BCUT2D eigenvalue weighted by Gasteiger charge is -2.38. The number of ether oxygens (including phenoxy) is 1. The Morgan fingerprint density at radius 2 is 1.89 bits per heavy atom. The standard InChI is InChI=1S/C13H15NO4/c1-18-13(7-2-8-13)12(17)14-10-5-3-9(4-6-10)11(15)16/h3-6H,2,7-8H2,1H3,(H,14,17)(H,15,16). The minimum atomic E-state index is -0.986. The molecule has 0 aromatic heterocycles. The molecule has 0 aliphatic heterocycles. The van der Waals surface area contributed by atoms with Crippen LogP contribution in [0.3, 0.4) is 0 Å². The fourth-order valence-corrected chi connectivity index (χ4v) is 1.96. The predicted octanol–water partition coefficient (Wildman–Crippen LogP) is 1.89. The van der Waals surface area contributed by atoms with Gasteiger partial charge in [0.2, 0.25) is 0 Å². The van der Waals surface area contributed by atoms with E-state index in [0.29, 0.717) is 5.69 Å². The summed E-state index contributed by atoms with van der Waals surface area (Å²) in [4.78, 5) is 22.7. The molecule has 5 nitrogen and oxygen atoms in total. The number of carboxylic acids is 1. The quantitative estimate of drug-likeness (QED) is 0.854. The lowest BCUT2D eigenvalue weighted by atomic mass is 9.79. The Labute approximate surface area is 105 Å². The highest BCUT2D eigenvalue weighted by molar-refractivity contribution is 5.98. The molecule has 2 N–H and O–H groups in total. The molecule has 0 bridgehead atoms. The van der Waals surface area contributed by atoms with Gasteiger partial charge in [0.25, 0.3) is 5.91 Å². The average Bonchev–Trinajstić information content (AvgIpc) is 2.29. The van der Waals surface area contributed by atoms with Crippen LogP contribution in [-0.2, 0) is 9.53 Å². The van der Waals surface area contributed by atoms with Gasteiger partial charge < -0.3 is 15.2 Å². The number of hydrogen-bond donors (Lipinski definition) is 2. The molecule has 2 rings (SSSR count). The second kappa shape index (κ2) is 4.78. The van der Waals surface area contributed by atoms with E-state index in [0.717, 1.165) is 19.3 Å². The van der Waals surface area contributed by atoms with Crippen molar-refractivity contribution in [3.8, 4) is 0 Å². The smallest absolute Gasteiger partial charge is 0.335 e. The number of amides is 1. The first-order chi connectivity index (χ1) is 8.57. The number of aromatic carboxylic acids is 1. The SMILES string of the molecule is COC1(C(=O)Nc2ccc(C(=O)O)cc2)CCC1. The number of hydrogen-bond acceptors (Lipinski definition) is 3. The van der Waals surface area contributed by atoms with Crippen LogP contribution in [0.25, 0.3) is 0 Å². The summed E-state index contributed by atoms with van der Waals surface area (Å²) in [6.07, 6.45) is 2.43. The minimum absolute atomic E-state index is 0.167. The Bertz CT molecular complexity index is 457. The van der Waals surface area contributed by atoms with Crippen molar-refractivity contribution < 1.29 is 19.4 Å². The summed E-state index contributed by atoms with van der Waals surface area (Å²) >= 11 is 0. The Morgan fingerprint density at radius 1 is 1.28 bits per heavy atom. The van der Waals surface area contributed by atoms with Gasteiger partial charge in [0.1, 0.15) is 5.60 Å². The maximum atomic E-state index is 12.0. The number of benzene rings is 1. The molecule has 1 aliphatic rings. The summed E-state index contributed by atoms with van der Waals surface area (Å²) in [5.41, 5.74) is 0.0669. The van der Waals surface area contributed by atoms with Crippen LogP contribution in [0.15, 0.2) is 24.3 Å². The van der Waals surface area contributed by atoms with E-state index >= 15 is 0 Å². The van der Waals surface area contributed by atoms with Crippen LogP contribution in [0.2, 0.25) is 0 Å². The van der Waals surface area contributed by atoms with E-state index < -0.39 is 11.6 Å². The van der Waals surface area contributed by atoms with E-state index in [1.807, 2.05) is 0 Å². The third kappa shape index (κ3) is 2.22. The van der Waals surface area contributed by atoms with Crippen molar-refractivity contribution in [2.24, 2.45) is 0 Å². The van der Waals surface area contributed by atoms with E-state index in [1.54, 1.807) is 12.1 Å². The fourth-order valence-electron chi connectivity index (χ4n) is 1.96. The molecule has 0 heterocycles. The van der Waals surface area contributed by atoms with Crippen molar-refractivity contribution in [2.45, 2.75) is 24.9 Å². The van der Waals surface area contributed by atoms with E-state index in [2.05, 4.69) is 5.32 Å². The van der Waals surface area contributed by atoms with Gasteiger partial charge in [0.05, 0.1) is 5.56 Å². The van der Waals surface area contributed by atoms with E-state index in [-0.39, 0.29) is 11.5 Å².